The number of aliphatic hydroxyl groups excluding tert-OH is 1. The van der Waals surface area contributed by atoms with Crippen molar-refractivity contribution >= 4 is 33.1 Å². The second kappa shape index (κ2) is 19.5. The van der Waals surface area contributed by atoms with Crippen molar-refractivity contribution in [1.82, 2.24) is 0 Å². The minimum atomic E-state index is -1.96. The zero-order valence-corrected chi connectivity index (χ0v) is 19.9. The maximum absolute atomic E-state index is 9.58. The van der Waals surface area contributed by atoms with Crippen LogP contribution in [0.1, 0.15) is 85.5 Å². The van der Waals surface area contributed by atoms with Crippen molar-refractivity contribution in [3.63, 3.8) is 0 Å². The molecule has 0 radical (unpaired) electrons. The van der Waals surface area contributed by atoms with Gasteiger partial charge in [0, 0.05) is 12.4 Å². The molecule has 0 spiro atoms. The Hall–Kier alpha value is -0.301. The number of carbonyl (C=O) groups is 2. The van der Waals surface area contributed by atoms with Crippen LogP contribution in [0.25, 0.3) is 0 Å². The Morgan fingerprint density at radius 1 is 0.885 bits per heavy atom. The van der Waals surface area contributed by atoms with Gasteiger partial charge in [-0.05, 0) is 0 Å². The molecule has 0 aromatic carbocycles. The van der Waals surface area contributed by atoms with Crippen LogP contribution in [-0.4, -0.2) is 44.3 Å². The normalized spacial score (nSPS) is 13.7. The van der Waals surface area contributed by atoms with Crippen molar-refractivity contribution in [2.24, 2.45) is 11.8 Å². The standard InChI is InChI=1S/2C8H17.C4H6O5.Sn/c2*1-4-6-7-8(3)5-2;5-2(4(8)9)1-3(6)7;/h2*8H,3-7H2,1-2H3;2,5H,1H2,(H,6,7)(H,8,9);/q;;;+2/p-2. The summed E-state index contributed by atoms with van der Waals surface area (Å²) in [7, 11) is 0. The van der Waals surface area contributed by atoms with Gasteiger partial charge in [0.1, 0.15) is 0 Å². The van der Waals surface area contributed by atoms with Crippen LogP contribution in [-0.2, 0) is 9.59 Å². The molecule has 0 rings (SSSR count). The third-order valence-electron chi connectivity index (χ3n) is 4.58. The molecule has 152 valence electrons. The molecule has 0 aromatic rings. The van der Waals surface area contributed by atoms with E-state index in [4.69, 9.17) is 5.11 Å². The Balaban J connectivity index is 0. The van der Waals surface area contributed by atoms with Gasteiger partial charge in [0.25, 0.3) is 0 Å². The summed E-state index contributed by atoms with van der Waals surface area (Å²) < 4.78 is 3.31. The first-order valence-electron chi connectivity index (χ1n) is 10.1. The van der Waals surface area contributed by atoms with Crippen LogP contribution in [0.5, 0.6) is 0 Å². The van der Waals surface area contributed by atoms with Crippen molar-refractivity contribution < 1.29 is 24.9 Å². The van der Waals surface area contributed by atoms with Crippen molar-refractivity contribution in [3.8, 4) is 0 Å². The van der Waals surface area contributed by atoms with Crippen LogP contribution < -0.4 is 10.2 Å². The van der Waals surface area contributed by atoms with Gasteiger partial charge < -0.3 is 24.9 Å². The molecule has 5 nitrogen and oxygen atoms in total. The van der Waals surface area contributed by atoms with Gasteiger partial charge in [0.15, 0.2) is 0 Å². The molecule has 0 aliphatic carbocycles. The summed E-state index contributed by atoms with van der Waals surface area (Å²) in [6.07, 6.45) is 8.71. The van der Waals surface area contributed by atoms with E-state index in [-0.39, 0.29) is 21.1 Å². The first-order valence-corrected chi connectivity index (χ1v) is 14.1. The molecule has 0 aliphatic heterocycles. The molecule has 0 heterocycles. The van der Waals surface area contributed by atoms with Crippen LogP contribution >= 0.6 is 0 Å². The Morgan fingerprint density at radius 2 is 1.31 bits per heavy atom. The first-order chi connectivity index (χ1) is 12.3. The van der Waals surface area contributed by atoms with Crippen molar-refractivity contribution in [2.75, 3.05) is 0 Å². The monoisotopic (exact) mass is 478 g/mol. The van der Waals surface area contributed by atoms with E-state index in [9.17, 15) is 19.8 Å². The van der Waals surface area contributed by atoms with Crippen molar-refractivity contribution in [1.29, 1.82) is 0 Å². The Kier molecular flexibility index (Phi) is 20.9. The molecule has 0 aliphatic rings. The number of hydrogen-bond donors (Lipinski definition) is 1. The van der Waals surface area contributed by atoms with Crippen LogP contribution in [0.2, 0.25) is 8.87 Å². The molecule has 0 fully saturated rings. The summed E-state index contributed by atoms with van der Waals surface area (Å²) in [6.45, 7) is 9.44. The summed E-state index contributed by atoms with van der Waals surface area (Å²) in [5, 5.41) is 27.3. The van der Waals surface area contributed by atoms with E-state index in [2.05, 4.69) is 27.7 Å². The predicted molar refractivity (Wildman–Crippen MR) is 103 cm³/mol. The van der Waals surface area contributed by atoms with E-state index in [1.807, 2.05) is 0 Å². The fraction of sp³-hybridized carbons (Fsp3) is 0.900. The molecule has 6 heteroatoms. The zero-order valence-electron chi connectivity index (χ0n) is 17.1. The molecular weight excluding hydrogens is 439 g/mol. The Bertz CT molecular complexity index is 333. The number of aliphatic hydroxyl groups is 1. The summed E-state index contributed by atoms with van der Waals surface area (Å²) in [4.78, 5) is 19.1. The van der Waals surface area contributed by atoms with E-state index >= 15 is 0 Å². The van der Waals surface area contributed by atoms with Gasteiger partial charge in [-0.2, -0.15) is 0 Å². The number of rotatable bonds is 15. The number of carboxylic acid groups (broad SMARTS) is 2. The van der Waals surface area contributed by atoms with Crippen LogP contribution in [0, 0.1) is 11.8 Å². The predicted octanol–water partition coefficient (Wildman–Crippen LogP) is 2.20. The molecule has 1 N–H and O–H groups in total. The maximum atomic E-state index is 9.58. The second-order valence-corrected chi connectivity index (χ2v) is 10.7. The minimum Gasteiger partial charge on any atom is -0.550 e. The van der Waals surface area contributed by atoms with Gasteiger partial charge >= 0.3 is 121 Å². The largest absolute Gasteiger partial charge is 0.550 e. The molecular formula is C20H38O5Sn. The smallest absolute Gasteiger partial charge is 0.0985 e. The molecule has 3 atom stereocenters. The number of aliphatic carboxylic acids is 2. The van der Waals surface area contributed by atoms with Gasteiger partial charge in [0.05, 0.1) is 12.1 Å². The van der Waals surface area contributed by atoms with Gasteiger partial charge in [-0.15, -0.1) is 0 Å². The summed E-state index contributed by atoms with van der Waals surface area (Å²) in [6, 6.07) is 0. The molecule has 0 amide bonds. The summed E-state index contributed by atoms with van der Waals surface area (Å²) in [5.74, 6) is -1.25. The first kappa shape index (κ1) is 27.9. The van der Waals surface area contributed by atoms with E-state index in [0.717, 1.165) is 11.8 Å². The Morgan fingerprint density at radius 3 is 1.54 bits per heavy atom. The fourth-order valence-corrected chi connectivity index (χ4v) is 8.24. The van der Waals surface area contributed by atoms with Crippen molar-refractivity contribution in [2.45, 2.75) is 100 Å². The molecule has 0 aromatic heterocycles. The van der Waals surface area contributed by atoms with Gasteiger partial charge in [-0.25, -0.2) is 0 Å². The Labute approximate surface area is 170 Å². The average molecular weight is 477 g/mol. The molecule has 26 heavy (non-hydrogen) atoms. The number of carbonyl (C=O) groups excluding carboxylic acids is 2. The second-order valence-electron chi connectivity index (χ2n) is 6.90. The minimum absolute atomic E-state index is 0.0388. The van der Waals surface area contributed by atoms with Gasteiger partial charge in [-0.1, -0.05) is 0 Å². The fourth-order valence-electron chi connectivity index (χ4n) is 2.62. The molecule has 0 saturated carbocycles. The van der Waals surface area contributed by atoms with Gasteiger partial charge in [-0.3, -0.25) is 0 Å². The molecule has 0 saturated heterocycles. The SMILES string of the molecule is CCCCC(CC)[CH2][Sn+2][CH2]C(CC)CCCC.O=C([O-])CC(O)C(=O)[O-]. The van der Waals surface area contributed by atoms with E-state index in [1.54, 1.807) is 8.87 Å². The topological polar surface area (TPSA) is 100 Å². The van der Waals surface area contributed by atoms with Crippen molar-refractivity contribution in [3.05, 3.63) is 0 Å². The third-order valence-corrected chi connectivity index (χ3v) is 9.53. The summed E-state index contributed by atoms with van der Waals surface area (Å²) >= 11 is -0.0388. The molecule has 3 unspecified atom stereocenters. The zero-order chi connectivity index (χ0) is 20.4. The number of carboxylic acids is 2. The van der Waals surface area contributed by atoms with Crippen LogP contribution in [0.4, 0.5) is 0 Å². The van der Waals surface area contributed by atoms with E-state index in [0.29, 0.717) is 0 Å². The van der Waals surface area contributed by atoms with E-state index in [1.165, 1.54) is 51.4 Å². The number of unbranched alkanes of at least 4 members (excludes halogenated alkanes) is 2. The van der Waals surface area contributed by atoms with E-state index < -0.39 is 24.5 Å². The summed E-state index contributed by atoms with van der Waals surface area (Å²) in [5.41, 5.74) is 0. The van der Waals surface area contributed by atoms with Gasteiger partial charge in [0.2, 0.25) is 0 Å². The average Bonchev–Trinajstić information content (AvgIpc) is 2.60. The molecule has 0 bridgehead atoms. The maximum Gasteiger partial charge on any atom is 0.0985 e. The van der Waals surface area contributed by atoms with Crippen LogP contribution in [0.15, 0.2) is 0 Å². The number of hydrogen-bond acceptors (Lipinski definition) is 5. The quantitative estimate of drug-likeness (QED) is 0.365. The third kappa shape index (κ3) is 18.5. The van der Waals surface area contributed by atoms with Crippen LogP contribution in [0.3, 0.4) is 0 Å².